The van der Waals surface area contributed by atoms with E-state index in [9.17, 15) is 13.2 Å². The van der Waals surface area contributed by atoms with Crippen molar-refractivity contribution in [2.45, 2.75) is 6.18 Å². The van der Waals surface area contributed by atoms with Crippen LogP contribution in [0.3, 0.4) is 0 Å². The van der Waals surface area contributed by atoms with Crippen molar-refractivity contribution in [2.24, 2.45) is 0 Å². The van der Waals surface area contributed by atoms with Crippen LogP contribution in [0.15, 0.2) is 30.5 Å². The normalized spacial score (nSPS) is 11.8. The van der Waals surface area contributed by atoms with Crippen LogP contribution in [0.5, 0.6) is 5.88 Å². The second-order valence-corrected chi connectivity index (χ2v) is 4.64. The van der Waals surface area contributed by atoms with Gasteiger partial charge in [-0.05, 0) is 18.2 Å². The van der Waals surface area contributed by atoms with Gasteiger partial charge in [-0.1, -0.05) is 0 Å². The summed E-state index contributed by atoms with van der Waals surface area (Å²) < 4.78 is 44.2. The molecule has 1 aromatic carbocycles. The Morgan fingerprint density at radius 1 is 1.23 bits per heavy atom. The molecule has 3 aromatic rings. The molecule has 0 amide bonds. The van der Waals surface area contributed by atoms with Gasteiger partial charge in [0.2, 0.25) is 5.88 Å². The van der Waals surface area contributed by atoms with Crippen molar-refractivity contribution < 1.29 is 17.9 Å². The van der Waals surface area contributed by atoms with E-state index in [0.717, 1.165) is 12.1 Å². The maximum absolute atomic E-state index is 13.1. The summed E-state index contributed by atoms with van der Waals surface area (Å²) in [7, 11) is 1.42. The Kier molecular flexibility index (Phi) is 3.16. The minimum atomic E-state index is -4.48. The number of benzene rings is 1. The van der Waals surface area contributed by atoms with Crippen LogP contribution < -0.4 is 10.5 Å². The molecule has 3 N–H and O–H groups in total. The number of pyridine rings is 1. The number of nitrogens with zero attached hydrogens (tertiary/aromatic N) is 2. The van der Waals surface area contributed by atoms with Gasteiger partial charge >= 0.3 is 6.18 Å². The Balaban J connectivity index is 2.32. The Hall–Kier alpha value is -2.77. The zero-order valence-corrected chi connectivity index (χ0v) is 11.4. The Bertz CT molecular complexity index is 842. The maximum atomic E-state index is 13.1. The Morgan fingerprint density at radius 2 is 2.00 bits per heavy atom. The molecule has 114 valence electrons. The first kappa shape index (κ1) is 14.2. The molecule has 0 fully saturated rings. The molecule has 0 aliphatic rings. The van der Waals surface area contributed by atoms with E-state index in [-0.39, 0.29) is 28.3 Å². The highest BCUT2D eigenvalue weighted by Crippen LogP contribution is 2.38. The third kappa shape index (κ3) is 2.32. The number of H-pyrrole nitrogens is 1. The molecule has 2 heterocycles. The molecule has 5 nitrogen and oxygen atoms in total. The van der Waals surface area contributed by atoms with Gasteiger partial charge in [0.05, 0.1) is 35.8 Å². The molecule has 0 bridgehead atoms. The SMILES string of the molecule is COc1ccc(N)c(-c2cc(C(F)(F)F)cc3[nH]ncc23)n1. The lowest BCUT2D eigenvalue weighted by Crippen LogP contribution is -2.06. The largest absolute Gasteiger partial charge is 0.481 e. The number of nitrogens with one attached hydrogen (secondary N) is 1. The van der Waals surface area contributed by atoms with Crippen LogP contribution in [0.2, 0.25) is 0 Å². The summed E-state index contributed by atoms with van der Waals surface area (Å²) in [6, 6.07) is 5.09. The van der Waals surface area contributed by atoms with Gasteiger partial charge in [0.15, 0.2) is 0 Å². The van der Waals surface area contributed by atoms with Crippen LogP contribution in [0, 0.1) is 0 Å². The fourth-order valence-electron chi connectivity index (χ4n) is 2.19. The van der Waals surface area contributed by atoms with Crippen molar-refractivity contribution in [3.05, 3.63) is 36.0 Å². The zero-order valence-electron chi connectivity index (χ0n) is 11.4. The standard InChI is InChI=1S/C14H11F3N4O/c1-22-12-3-2-10(18)13(20-12)8-4-7(14(15,16)17)5-11-9(8)6-19-21-11/h2-6H,18H2,1H3,(H,19,21). The van der Waals surface area contributed by atoms with Gasteiger partial charge in [-0.25, -0.2) is 4.98 Å². The number of rotatable bonds is 2. The monoisotopic (exact) mass is 308 g/mol. The number of methoxy groups -OCH3 is 1. The highest BCUT2D eigenvalue weighted by Gasteiger charge is 2.32. The summed E-state index contributed by atoms with van der Waals surface area (Å²) in [6.45, 7) is 0. The van der Waals surface area contributed by atoms with Crippen LogP contribution in [0.1, 0.15) is 5.56 Å². The van der Waals surface area contributed by atoms with E-state index in [1.165, 1.54) is 19.4 Å². The lowest BCUT2D eigenvalue weighted by molar-refractivity contribution is -0.137. The molecule has 0 spiro atoms. The molecular formula is C14H11F3N4O. The lowest BCUT2D eigenvalue weighted by atomic mass is 10.0. The Labute approximate surface area is 122 Å². The average Bonchev–Trinajstić information content (AvgIpc) is 2.94. The van der Waals surface area contributed by atoms with Gasteiger partial charge < -0.3 is 10.5 Å². The van der Waals surface area contributed by atoms with Crippen LogP contribution in [0.25, 0.3) is 22.2 Å². The van der Waals surface area contributed by atoms with Crippen molar-refractivity contribution in [1.29, 1.82) is 0 Å². The molecule has 0 saturated heterocycles. The number of aromatic nitrogens is 3. The number of hydrogen-bond donors (Lipinski definition) is 2. The molecule has 0 atom stereocenters. The number of hydrogen-bond acceptors (Lipinski definition) is 4. The van der Waals surface area contributed by atoms with E-state index in [1.54, 1.807) is 6.07 Å². The van der Waals surface area contributed by atoms with Gasteiger partial charge in [0.25, 0.3) is 0 Å². The first-order valence-corrected chi connectivity index (χ1v) is 6.25. The molecule has 0 aliphatic carbocycles. The summed E-state index contributed by atoms with van der Waals surface area (Å²) in [5.41, 5.74) is 6.04. The van der Waals surface area contributed by atoms with E-state index >= 15 is 0 Å². The topological polar surface area (TPSA) is 76.8 Å². The molecule has 0 radical (unpaired) electrons. The van der Waals surface area contributed by atoms with Crippen molar-refractivity contribution in [3.8, 4) is 17.1 Å². The summed E-state index contributed by atoms with van der Waals surface area (Å²) in [5.74, 6) is 0.262. The quantitative estimate of drug-likeness (QED) is 0.762. The molecule has 22 heavy (non-hydrogen) atoms. The number of nitrogens with two attached hydrogens (primary N) is 1. The minimum Gasteiger partial charge on any atom is -0.481 e. The number of anilines is 1. The third-order valence-electron chi connectivity index (χ3n) is 3.25. The van der Waals surface area contributed by atoms with E-state index in [0.29, 0.717) is 5.39 Å². The molecular weight excluding hydrogens is 297 g/mol. The Morgan fingerprint density at radius 3 is 2.68 bits per heavy atom. The fourth-order valence-corrected chi connectivity index (χ4v) is 2.19. The fraction of sp³-hybridized carbons (Fsp3) is 0.143. The summed E-state index contributed by atoms with van der Waals surface area (Å²) >= 11 is 0. The first-order valence-electron chi connectivity index (χ1n) is 6.25. The lowest BCUT2D eigenvalue weighted by Gasteiger charge is -2.12. The minimum absolute atomic E-state index is 0.219. The zero-order chi connectivity index (χ0) is 15.9. The van der Waals surface area contributed by atoms with Gasteiger partial charge in [-0.15, -0.1) is 0 Å². The predicted molar refractivity (Wildman–Crippen MR) is 75.3 cm³/mol. The summed E-state index contributed by atoms with van der Waals surface area (Å²) in [5, 5.41) is 6.83. The van der Waals surface area contributed by atoms with Crippen LogP contribution >= 0.6 is 0 Å². The van der Waals surface area contributed by atoms with Crippen molar-refractivity contribution in [3.63, 3.8) is 0 Å². The van der Waals surface area contributed by atoms with E-state index in [1.807, 2.05) is 0 Å². The van der Waals surface area contributed by atoms with Gasteiger partial charge in [0.1, 0.15) is 0 Å². The van der Waals surface area contributed by atoms with Crippen molar-refractivity contribution >= 4 is 16.6 Å². The molecule has 2 aromatic heterocycles. The number of alkyl halides is 3. The van der Waals surface area contributed by atoms with Crippen molar-refractivity contribution in [1.82, 2.24) is 15.2 Å². The second-order valence-electron chi connectivity index (χ2n) is 4.64. The highest BCUT2D eigenvalue weighted by molar-refractivity contribution is 5.96. The van der Waals surface area contributed by atoms with Gasteiger partial charge in [-0.2, -0.15) is 18.3 Å². The molecule has 0 unspecified atom stereocenters. The van der Waals surface area contributed by atoms with E-state index in [4.69, 9.17) is 10.5 Å². The van der Waals surface area contributed by atoms with Crippen LogP contribution in [-0.4, -0.2) is 22.3 Å². The summed E-state index contributed by atoms with van der Waals surface area (Å²) in [6.07, 6.45) is -3.05. The molecule has 0 saturated carbocycles. The molecule has 3 rings (SSSR count). The van der Waals surface area contributed by atoms with E-state index < -0.39 is 11.7 Å². The van der Waals surface area contributed by atoms with Crippen LogP contribution in [0.4, 0.5) is 18.9 Å². The highest BCUT2D eigenvalue weighted by atomic mass is 19.4. The van der Waals surface area contributed by atoms with Gasteiger partial charge in [0, 0.05) is 17.0 Å². The molecule has 0 aliphatic heterocycles. The molecule has 8 heteroatoms. The number of nitrogen functional groups attached to an aromatic ring is 1. The van der Waals surface area contributed by atoms with E-state index in [2.05, 4.69) is 15.2 Å². The number of halogens is 3. The predicted octanol–water partition coefficient (Wildman–Crippen LogP) is 3.23. The van der Waals surface area contributed by atoms with Crippen LogP contribution in [-0.2, 0) is 6.18 Å². The number of fused-ring (bicyclic) bond motifs is 1. The average molecular weight is 308 g/mol. The number of aromatic amines is 1. The second kappa shape index (κ2) is 4.90. The smallest absolute Gasteiger partial charge is 0.416 e. The summed E-state index contributed by atoms with van der Waals surface area (Å²) in [4.78, 5) is 4.16. The van der Waals surface area contributed by atoms with Crippen molar-refractivity contribution in [2.75, 3.05) is 12.8 Å². The third-order valence-corrected chi connectivity index (χ3v) is 3.25. The first-order chi connectivity index (χ1) is 10.4. The van der Waals surface area contributed by atoms with Gasteiger partial charge in [-0.3, -0.25) is 5.10 Å². The maximum Gasteiger partial charge on any atom is 0.416 e. The number of ether oxygens (including phenoxy) is 1.